The van der Waals surface area contributed by atoms with Gasteiger partial charge >= 0.3 is 0 Å². The quantitative estimate of drug-likeness (QED) is 0.691. The molecule has 9 nitrogen and oxygen atoms in total. The number of nitrogens with zero attached hydrogens (tertiary/aromatic N) is 3. The number of amides is 1. The van der Waals surface area contributed by atoms with Crippen LogP contribution < -0.4 is 11.5 Å². The lowest BCUT2D eigenvalue weighted by Gasteiger charge is -2.40. The van der Waals surface area contributed by atoms with Gasteiger partial charge in [0.15, 0.2) is 0 Å². The van der Waals surface area contributed by atoms with Crippen LogP contribution >= 0.6 is 0 Å². The Kier molecular flexibility index (Phi) is 5.12. The van der Waals surface area contributed by atoms with Crippen LogP contribution in [0.15, 0.2) is 24.4 Å². The molecule has 30 heavy (non-hydrogen) atoms. The summed E-state index contributed by atoms with van der Waals surface area (Å²) in [5, 5.41) is 3.87. The van der Waals surface area contributed by atoms with Gasteiger partial charge in [0.25, 0.3) is 10.0 Å². The maximum atomic E-state index is 14.1. The van der Waals surface area contributed by atoms with E-state index in [1.54, 1.807) is 4.90 Å². The summed E-state index contributed by atoms with van der Waals surface area (Å²) in [6.45, 7) is 0.185. The number of ether oxygens (including phenoxy) is 1. The van der Waals surface area contributed by atoms with Crippen LogP contribution in [0.3, 0.4) is 0 Å². The van der Waals surface area contributed by atoms with E-state index in [9.17, 15) is 22.0 Å². The maximum Gasteiger partial charge on any atom is 0.251 e. The lowest BCUT2D eigenvalue weighted by Crippen LogP contribution is -2.50. The van der Waals surface area contributed by atoms with Gasteiger partial charge in [-0.15, -0.1) is 0 Å². The third kappa shape index (κ3) is 3.49. The lowest BCUT2D eigenvalue weighted by molar-refractivity contribution is -0.127. The molecule has 1 aromatic heterocycles. The van der Waals surface area contributed by atoms with E-state index in [0.29, 0.717) is 17.7 Å². The smallest absolute Gasteiger partial charge is 0.251 e. The van der Waals surface area contributed by atoms with Crippen molar-refractivity contribution in [3.05, 3.63) is 52.9 Å². The number of hydrogen-bond donors (Lipinski definition) is 2. The maximum absolute atomic E-state index is 14.1. The molecule has 0 bridgehead atoms. The second kappa shape index (κ2) is 7.38. The minimum atomic E-state index is -3.66. The van der Waals surface area contributed by atoms with Crippen LogP contribution in [0.4, 0.5) is 8.78 Å². The Morgan fingerprint density at radius 3 is 2.67 bits per heavy atom. The van der Waals surface area contributed by atoms with Crippen LogP contribution in [-0.2, 0) is 26.1 Å². The zero-order valence-corrected chi connectivity index (χ0v) is 16.9. The predicted molar refractivity (Wildman–Crippen MR) is 101 cm³/mol. The van der Waals surface area contributed by atoms with E-state index in [1.807, 2.05) is 0 Å². The number of primary amides is 1. The van der Waals surface area contributed by atoms with Gasteiger partial charge in [0.05, 0.1) is 24.8 Å². The van der Waals surface area contributed by atoms with Gasteiger partial charge in [-0.2, -0.15) is 9.19 Å². The summed E-state index contributed by atoms with van der Waals surface area (Å²) in [7, 11) is -3.66. The topological polar surface area (TPSA) is 134 Å². The van der Waals surface area contributed by atoms with Gasteiger partial charge in [-0.3, -0.25) is 9.69 Å². The number of fused-ring (bicyclic) bond motifs is 1. The first-order chi connectivity index (χ1) is 14.1. The van der Waals surface area contributed by atoms with Gasteiger partial charge in [0.2, 0.25) is 5.91 Å². The van der Waals surface area contributed by atoms with E-state index >= 15 is 0 Å². The number of hydrogen-bond acceptors (Lipinski definition) is 7. The number of carbonyl (C=O) groups is 1. The number of nitrogens with two attached hydrogens (primary N) is 2. The fourth-order valence-electron chi connectivity index (χ4n) is 4.26. The molecule has 4 atom stereocenters. The average Bonchev–Trinajstić information content (AvgIpc) is 3.22. The summed E-state index contributed by atoms with van der Waals surface area (Å²) in [4.78, 5) is 13.9. The summed E-state index contributed by atoms with van der Waals surface area (Å²) in [5.74, 6) is -1.88. The molecule has 3 heterocycles. The van der Waals surface area contributed by atoms with E-state index in [4.69, 9.17) is 16.2 Å². The SMILES string of the molecule is CS(=O)(=O)n1ncc2c1CN([C@H]1CO[C@H](c3cc(F)ccc3F)[C@@H](N)C1)C2C(N)=O. The molecular formula is C18H21F2N5O4S. The third-order valence-electron chi connectivity index (χ3n) is 5.54. The van der Waals surface area contributed by atoms with Crippen molar-refractivity contribution >= 4 is 15.9 Å². The fourth-order valence-corrected chi connectivity index (χ4v) is 5.04. The Hall–Kier alpha value is -2.41. The average molecular weight is 441 g/mol. The fraction of sp³-hybridized carbons (Fsp3) is 0.444. The molecule has 0 spiro atoms. The first-order valence-electron chi connectivity index (χ1n) is 9.22. The van der Waals surface area contributed by atoms with E-state index in [1.165, 1.54) is 6.20 Å². The van der Waals surface area contributed by atoms with Gasteiger partial charge in [-0.25, -0.2) is 17.2 Å². The molecule has 162 valence electrons. The minimum absolute atomic E-state index is 0.0322. The molecular weight excluding hydrogens is 420 g/mol. The second-order valence-electron chi connectivity index (χ2n) is 7.60. The molecule has 2 aliphatic heterocycles. The van der Waals surface area contributed by atoms with Crippen molar-refractivity contribution in [3.63, 3.8) is 0 Å². The summed E-state index contributed by atoms with van der Waals surface area (Å²) in [6.07, 6.45) is 1.79. The Morgan fingerprint density at radius 1 is 1.30 bits per heavy atom. The number of aromatic nitrogens is 2. The molecule has 1 aromatic carbocycles. The molecule has 0 radical (unpaired) electrons. The largest absolute Gasteiger partial charge is 0.370 e. The molecule has 4 rings (SSSR count). The molecule has 2 aromatic rings. The van der Waals surface area contributed by atoms with Crippen molar-refractivity contribution in [1.82, 2.24) is 14.1 Å². The van der Waals surface area contributed by atoms with E-state index in [-0.39, 0.29) is 24.8 Å². The van der Waals surface area contributed by atoms with E-state index in [2.05, 4.69) is 5.10 Å². The molecule has 1 fully saturated rings. The molecule has 1 saturated heterocycles. The van der Waals surface area contributed by atoms with E-state index < -0.39 is 45.8 Å². The highest BCUT2D eigenvalue weighted by molar-refractivity contribution is 7.89. The molecule has 12 heteroatoms. The molecule has 1 unspecified atom stereocenters. The second-order valence-corrected chi connectivity index (χ2v) is 9.41. The Labute approximate surface area is 171 Å². The van der Waals surface area contributed by atoms with Crippen LogP contribution in [0, 0.1) is 11.6 Å². The monoisotopic (exact) mass is 441 g/mol. The minimum Gasteiger partial charge on any atom is -0.370 e. The summed E-state index contributed by atoms with van der Waals surface area (Å²) in [6, 6.07) is 1.14. The summed E-state index contributed by atoms with van der Waals surface area (Å²) >= 11 is 0. The van der Waals surface area contributed by atoms with Gasteiger partial charge < -0.3 is 16.2 Å². The van der Waals surface area contributed by atoms with Crippen LogP contribution in [-0.4, -0.2) is 53.4 Å². The first kappa shape index (κ1) is 20.8. The van der Waals surface area contributed by atoms with Gasteiger partial charge in [-0.1, -0.05) is 0 Å². The number of carbonyl (C=O) groups excluding carboxylic acids is 1. The zero-order valence-electron chi connectivity index (χ0n) is 16.0. The van der Waals surface area contributed by atoms with Crippen LogP contribution in [0.25, 0.3) is 0 Å². The number of halogens is 2. The Morgan fingerprint density at radius 2 is 2.03 bits per heavy atom. The molecule has 0 aliphatic carbocycles. The van der Waals surface area contributed by atoms with E-state index in [0.717, 1.165) is 28.5 Å². The highest BCUT2D eigenvalue weighted by Gasteiger charge is 2.44. The zero-order chi connectivity index (χ0) is 21.8. The third-order valence-corrected chi connectivity index (χ3v) is 6.49. The molecule has 1 amide bonds. The predicted octanol–water partition coefficient (Wildman–Crippen LogP) is 0.169. The Balaban J connectivity index is 1.59. The van der Waals surface area contributed by atoms with Crippen molar-refractivity contribution < 1.29 is 26.7 Å². The van der Waals surface area contributed by atoms with Crippen molar-refractivity contribution in [1.29, 1.82) is 0 Å². The molecule has 4 N–H and O–H groups in total. The van der Waals surface area contributed by atoms with Crippen molar-refractivity contribution in [2.75, 3.05) is 12.9 Å². The van der Waals surface area contributed by atoms with Crippen molar-refractivity contribution in [2.45, 2.75) is 37.2 Å². The Bertz CT molecular complexity index is 1110. The van der Waals surface area contributed by atoms with Crippen molar-refractivity contribution in [2.24, 2.45) is 11.5 Å². The summed E-state index contributed by atoms with van der Waals surface area (Å²) in [5.41, 5.74) is 12.6. The van der Waals surface area contributed by atoms with Gasteiger partial charge in [0, 0.05) is 29.8 Å². The number of rotatable bonds is 4. The highest BCUT2D eigenvalue weighted by atomic mass is 32.2. The standard InChI is InChI=1S/C18H21F2N5O4S/c1-30(27,28)25-15-7-24(16(18(22)26)12(15)6-23-25)10-5-14(21)17(29-8-10)11-4-9(19)2-3-13(11)20/h2-4,6,10,14,16-17H,5,7-8,21H2,1H3,(H2,22,26)/t10-,14+,16?,17-/m1/s1. The summed E-state index contributed by atoms with van der Waals surface area (Å²) < 4.78 is 58.3. The van der Waals surface area contributed by atoms with Crippen molar-refractivity contribution in [3.8, 4) is 0 Å². The van der Waals surface area contributed by atoms with Gasteiger partial charge in [0.1, 0.15) is 23.8 Å². The normalized spacial score (nSPS) is 27.2. The van der Waals surface area contributed by atoms with Crippen LogP contribution in [0.5, 0.6) is 0 Å². The van der Waals surface area contributed by atoms with Crippen LogP contribution in [0.2, 0.25) is 0 Å². The van der Waals surface area contributed by atoms with Crippen LogP contribution in [0.1, 0.15) is 35.4 Å². The lowest BCUT2D eigenvalue weighted by atomic mass is 9.92. The molecule has 0 saturated carbocycles. The number of benzene rings is 1. The van der Waals surface area contributed by atoms with Gasteiger partial charge in [-0.05, 0) is 24.6 Å². The molecule has 2 aliphatic rings. The highest BCUT2D eigenvalue weighted by Crippen LogP contribution is 2.39. The first-order valence-corrected chi connectivity index (χ1v) is 11.1.